The van der Waals surface area contributed by atoms with Crippen LogP contribution in [0, 0.1) is 0 Å². The molecule has 0 aromatic heterocycles. The van der Waals surface area contributed by atoms with Crippen LogP contribution in [-0.4, -0.2) is 20.8 Å². The van der Waals surface area contributed by atoms with Crippen LogP contribution in [0.5, 0.6) is 11.5 Å². The molecular formula is C10H13BrFNO2. The van der Waals surface area contributed by atoms with E-state index in [0.717, 1.165) is 4.47 Å². The average molecular weight is 278 g/mol. The second-order valence-corrected chi connectivity index (χ2v) is 3.85. The number of methoxy groups -OCH3 is 2. The lowest BCUT2D eigenvalue weighted by Gasteiger charge is -2.15. The summed E-state index contributed by atoms with van der Waals surface area (Å²) in [4.78, 5) is 0. The molecule has 1 atom stereocenters. The molecule has 0 aliphatic rings. The smallest absolute Gasteiger partial charge is 0.166 e. The molecule has 3 nitrogen and oxygen atoms in total. The molecule has 0 spiro atoms. The largest absolute Gasteiger partial charge is 0.493 e. The van der Waals surface area contributed by atoms with Gasteiger partial charge in [-0.15, -0.1) is 0 Å². The van der Waals surface area contributed by atoms with Gasteiger partial charge in [-0.2, -0.15) is 0 Å². The van der Waals surface area contributed by atoms with Crippen molar-refractivity contribution in [3.63, 3.8) is 0 Å². The van der Waals surface area contributed by atoms with Gasteiger partial charge in [-0.1, -0.05) is 15.9 Å². The van der Waals surface area contributed by atoms with E-state index < -0.39 is 6.17 Å². The summed E-state index contributed by atoms with van der Waals surface area (Å²) >= 11 is 3.27. The third-order valence-electron chi connectivity index (χ3n) is 2.02. The quantitative estimate of drug-likeness (QED) is 0.920. The van der Waals surface area contributed by atoms with E-state index in [0.29, 0.717) is 17.1 Å². The van der Waals surface area contributed by atoms with Gasteiger partial charge in [0, 0.05) is 16.6 Å². The fourth-order valence-corrected chi connectivity index (χ4v) is 1.77. The highest BCUT2D eigenvalue weighted by Crippen LogP contribution is 2.38. The molecule has 0 aliphatic carbocycles. The van der Waals surface area contributed by atoms with Crippen molar-refractivity contribution >= 4 is 15.9 Å². The first-order valence-electron chi connectivity index (χ1n) is 4.39. The number of halogens is 2. The van der Waals surface area contributed by atoms with Crippen molar-refractivity contribution in [3.8, 4) is 11.5 Å². The topological polar surface area (TPSA) is 44.5 Å². The molecule has 5 heteroatoms. The molecule has 0 saturated carbocycles. The molecular weight excluding hydrogens is 265 g/mol. The van der Waals surface area contributed by atoms with Crippen LogP contribution >= 0.6 is 15.9 Å². The van der Waals surface area contributed by atoms with Gasteiger partial charge in [-0.3, -0.25) is 0 Å². The summed E-state index contributed by atoms with van der Waals surface area (Å²) in [6.45, 7) is -0.0873. The third kappa shape index (κ3) is 2.60. The van der Waals surface area contributed by atoms with Crippen molar-refractivity contribution in [3.05, 3.63) is 22.2 Å². The lowest BCUT2D eigenvalue weighted by Crippen LogP contribution is -2.09. The Labute approximate surface area is 96.5 Å². The highest BCUT2D eigenvalue weighted by Gasteiger charge is 2.18. The van der Waals surface area contributed by atoms with E-state index in [4.69, 9.17) is 15.2 Å². The molecule has 0 heterocycles. The van der Waals surface area contributed by atoms with Gasteiger partial charge in [0.15, 0.2) is 11.5 Å². The second-order valence-electron chi connectivity index (χ2n) is 2.93. The molecule has 0 bridgehead atoms. The molecule has 15 heavy (non-hydrogen) atoms. The van der Waals surface area contributed by atoms with Gasteiger partial charge in [-0.25, -0.2) is 4.39 Å². The third-order valence-corrected chi connectivity index (χ3v) is 2.47. The minimum Gasteiger partial charge on any atom is -0.493 e. The molecule has 0 saturated heterocycles. The minimum atomic E-state index is -1.26. The first-order valence-corrected chi connectivity index (χ1v) is 5.18. The lowest BCUT2D eigenvalue weighted by atomic mass is 10.1. The summed E-state index contributed by atoms with van der Waals surface area (Å²) in [5.41, 5.74) is 5.68. The zero-order valence-electron chi connectivity index (χ0n) is 8.59. The zero-order valence-corrected chi connectivity index (χ0v) is 10.2. The van der Waals surface area contributed by atoms with Gasteiger partial charge >= 0.3 is 0 Å². The summed E-state index contributed by atoms with van der Waals surface area (Å²) in [6, 6.07) is 3.35. The van der Waals surface area contributed by atoms with E-state index in [1.165, 1.54) is 14.2 Å². The van der Waals surface area contributed by atoms with E-state index in [1.807, 2.05) is 0 Å². The molecule has 84 valence electrons. The van der Waals surface area contributed by atoms with Crippen molar-refractivity contribution in [1.82, 2.24) is 0 Å². The monoisotopic (exact) mass is 277 g/mol. The number of alkyl halides is 1. The van der Waals surface area contributed by atoms with Gasteiger partial charge in [0.05, 0.1) is 14.2 Å². The molecule has 1 aromatic carbocycles. The number of nitrogens with two attached hydrogens (primary N) is 1. The molecule has 0 aliphatic heterocycles. The van der Waals surface area contributed by atoms with E-state index in [-0.39, 0.29) is 6.54 Å². The van der Waals surface area contributed by atoms with Crippen molar-refractivity contribution in [1.29, 1.82) is 0 Å². The maximum atomic E-state index is 13.5. The van der Waals surface area contributed by atoms with Crippen molar-refractivity contribution in [2.45, 2.75) is 6.17 Å². The second kappa shape index (κ2) is 5.32. The molecule has 1 rings (SSSR count). The Hall–Kier alpha value is -0.810. The Morgan fingerprint density at radius 1 is 1.40 bits per heavy atom. The lowest BCUT2D eigenvalue weighted by molar-refractivity contribution is 0.315. The molecule has 2 N–H and O–H groups in total. The van der Waals surface area contributed by atoms with E-state index in [2.05, 4.69) is 15.9 Å². The Kier molecular flexibility index (Phi) is 4.35. The number of ether oxygens (including phenoxy) is 2. The predicted octanol–water partition coefficient (Wildman–Crippen LogP) is 2.44. The van der Waals surface area contributed by atoms with Gasteiger partial charge in [0.25, 0.3) is 0 Å². The van der Waals surface area contributed by atoms with Crippen LogP contribution in [-0.2, 0) is 0 Å². The van der Waals surface area contributed by atoms with Crippen molar-refractivity contribution in [2.75, 3.05) is 20.8 Å². The van der Waals surface area contributed by atoms with E-state index in [9.17, 15) is 4.39 Å². The van der Waals surface area contributed by atoms with Crippen LogP contribution in [0.15, 0.2) is 16.6 Å². The molecule has 0 radical (unpaired) electrons. The SMILES string of the molecule is COc1cc(Br)cc(C(F)CN)c1OC. The summed E-state index contributed by atoms with van der Waals surface area (Å²) in [6.07, 6.45) is -1.26. The van der Waals surface area contributed by atoms with Crippen LogP contribution in [0.4, 0.5) is 4.39 Å². The van der Waals surface area contributed by atoms with Crippen LogP contribution in [0.2, 0.25) is 0 Å². The number of hydrogen-bond donors (Lipinski definition) is 1. The van der Waals surface area contributed by atoms with E-state index >= 15 is 0 Å². The molecule has 0 amide bonds. The minimum absolute atomic E-state index is 0.0873. The molecule has 1 unspecified atom stereocenters. The Morgan fingerprint density at radius 3 is 2.53 bits per heavy atom. The van der Waals surface area contributed by atoms with Crippen LogP contribution in [0.1, 0.15) is 11.7 Å². The summed E-state index contributed by atoms with van der Waals surface area (Å²) < 4.78 is 24.4. The number of rotatable bonds is 4. The first-order chi connectivity index (χ1) is 7.13. The normalized spacial score (nSPS) is 12.3. The molecule has 1 aromatic rings. The van der Waals surface area contributed by atoms with Crippen LogP contribution in [0.25, 0.3) is 0 Å². The maximum Gasteiger partial charge on any atom is 0.166 e. The number of hydrogen-bond acceptors (Lipinski definition) is 3. The summed E-state index contributed by atoms with van der Waals surface area (Å²) in [5.74, 6) is 0.872. The van der Waals surface area contributed by atoms with Gasteiger partial charge in [0.1, 0.15) is 6.17 Å². The maximum absolute atomic E-state index is 13.5. The Balaban J connectivity index is 3.28. The molecule has 0 fully saturated rings. The van der Waals surface area contributed by atoms with Crippen molar-refractivity contribution < 1.29 is 13.9 Å². The van der Waals surface area contributed by atoms with Gasteiger partial charge in [0.2, 0.25) is 0 Å². The Morgan fingerprint density at radius 2 is 2.07 bits per heavy atom. The van der Waals surface area contributed by atoms with Crippen LogP contribution in [0.3, 0.4) is 0 Å². The predicted molar refractivity (Wildman–Crippen MR) is 60.1 cm³/mol. The van der Waals surface area contributed by atoms with Gasteiger partial charge < -0.3 is 15.2 Å². The first kappa shape index (κ1) is 12.3. The highest BCUT2D eigenvalue weighted by molar-refractivity contribution is 9.10. The summed E-state index contributed by atoms with van der Waals surface area (Å²) in [7, 11) is 2.97. The standard InChI is InChI=1S/C10H13BrFNO2/c1-14-9-4-6(11)3-7(8(12)5-13)10(9)15-2/h3-4,8H,5,13H2,1-2H3. The van der Waals surface area contributed by atoms with Crippen LogP contribution < -0.4 is 15.2 Å². The fraction of sp³-hybridized carbons (Fsp3) is 0.400. The Bertz CT molecular complexity index is 346. The average Bonchev–Trinajstić information content (AvgIpc) is 2.26. The van der Waals surface area contributed by atoms with Gasteiger partial charge in [-0.05, 0) is 12.1 Å². The van der Waals surface area contributed by atoms with Crippen molar-refractivity contribution in [2.24, 2.45) is 5.73 Å². The fourth-order valence-electron chi connectivity index (χ4n) is 1.32. The van der Waals surface area contributed by atoms with E-state index in [1.54, 1.807) is 12.1 Å². The number of benzene rings is 1. The highest BCUT2D eigenvalue weighted by atomic mass is 79.9. The zero-order chi connectivity index (χ0) is 11.4. The summed E-state index contributed by atoms with van der Waals surface area (Å²) in [5, 5.41) is 0.